The molecule has 1 amide bonds. The third-order valence-corrected chi connectivity index (χ3v) is 4.41. The highest BCUT2D eigenvalue weighted by molar-refractivity contribution is 8.00. The van der Waals surface area contributed by atoms with E-state index in [2.05, 4.69) is 15.5 Å². The van der Waals surface area contributed by atoms with Crippen molar-refractivity contribution in [1.29, 1.82) is 0 Å². The van der Waals surface area contributed by atoms with Crippen LogP contribution in [0.25, 0.3) is 11.5 Å². The van der Waals surface area contributed by atoms with Gasteiger partial charge in [-0.2, -0.15) is 0 Å². The molecule has 128 valence electrons. The summed E-state index contributed by atoms with van der Waals surface area (Å²) in [5, 5.41) is 10.9. The summed E-state index contributed by atoms with van der Waals surface area (Å²) in [5.41, 5.74) is 1.22. The van der Waals surface area contributed by atoms with Crippen molar-refractivity contribution in [2.45, 2.75) is 17.4 Å². The molecule has 2 aromatic carbocycles. The molecule has 0 saturated carbocycles. The molecule has 0 saturated heterocycles. The van der Waals surface area contributed by atoms with Crippen molar-refractivity contribution in [1.82, 2.24) is 10.2 Å². The number of carbonyl (C=O) groups excluding carboxylic acids is 1. The summed E-state index contributed by atoms with van der Waals surface area (Å²) in [5.74, 6) is -0.289. The standard InChI is InChI=1S/C17H13ClFN3O2S/c1-10(15(23)20-14-4-2-3-12(18)9-14)25-17-22-21-16(24-17)11-5-7-13(19)8-6-11/h2-10H,1H3,(H,20,23)/t10-/m0/s1. The first kappa shape index (κ1) is 17.4. The van der Waals surface area contributed by atoms with Gasteiger partial charge in [-0.05, 0) is 49.4 Å². The Morgan fingerprint density at radius 2 is 2.00 bits per heavy atom. The number of benzene rings is 2. The average molecular weight is 378 g/mol. The van der Waals surface area contributed by atoms with Gasteiger partial charge in [-0.3, -0.25) is 4.79 Å². The normalized spacial score (nSPS) is 12.0. The van der Waals surface area contributed by atoms with Crippen LogP contribution in [-0.2, 0) is 4.79 Å². The number of nitrogens with zero attached hydrogens (tertiary/aromatic N) is 2. The predicted molar refractivity (Wildman–Crippen MR) is 95.1 cm³/mol. The van der Waals surface area contributed by atoms with Gasteiger partial charge in [-0.25, -0.2) is 4.39 Å². The SMILES string of the molecule is C[C@H](Sc1nnc(-c2ccc(F)cc2)o1)C(=O)Nc1cccc(Cl)c1. The highest BCUT2D eigenvalue weighted by Gasteiger charge is 2.19. The second-order valence-corrected chi connectivity index (χ2v) is 6.87. The molecule has 0 bridgehead atoms. The van der Waals surface area contributed by atoms with E-state index in [1.807, 2.05) is 0 Å². The third kappa shape index (κ3) is 4.58. The van der Waals surface area contributed by atoms with E-state index in [4.69, 9.17) is 16.0 Å². The second-order valence-electron chi connectivity index (χ2n) is 5.14. The molecule has 1 atom stereocenters. The molecule has 0 aliphatic heterocycles. The second kappa shape index (κ2) is 7.67. The summed E-state index contributed by atoms with van der Waals surface area (Å²) in [6.07, 6.45) is 0. The first-order valence-electron chi connectivity index (χ1n) is 7.34. The number of rotatable bonds is 5. The highest BCUT2D eigenvalue weighted by atomic mass is 35.5. The number of halogens is 2. The molecule has 0 aliphatic carbocycles. The molecular formula is C17H13ClFN3O2S. The van der Waals surface area contributed by atoms with Gasteiger partial charge in [0.25, 0.3) is 5.22 Å². The van der Waals surface area contributed by atoms with Gasteiger partial charge in [-0.1, -0.05) is 29.4 Å². The Hall–Kier alpha value is -2.38. The van der Waals surface area contributed by atoms with Gasteiger partial charge in [0.1, 0.15) is 5.82 Å². The monoisotopic (exact) mass is 377 g/mol. The molecule has 3 rings (SSSR count). The van der Waals surface area contributed by atoms with Crippen molar-refractivity contribution >= 4 is 35.0 Å². The van der Waals surface area contributed by atoms with Crippen molar-refractivity contribution in [3.8, 4) is 11.5 Å². The molecule has 8 heteroatoms. The zero-order valence-corrected chi connectivity index (χ0v) is 14.6. The summed E-state index contributed by atoms with van der Waals surface area (Å²) in [6.45, 7) is 1.73. The zero-order chi connectivity index (χ0) is 17.8. The van der Waals surface area contributed by atoms with E-state index in [0.29, 0.717) is 16.3 Å². The number of nitrogens with one attached hydrogen (secondary N) is 1. The van der Waals surface area contributed by atoms with Crippen LogP contribution < -0.4 is 5.32 Å². The Morgan fingerprint density at radius 3 is 2.72 bits per heavy atom. The topological polar surface area (TPSA) is 68.0 Å². The van der Waals surface area contributed by atoms with Crippen molar-refractivity contribution in [2.75, 3.05) is 5.32 Å². The van der Waals surface area contributed by atoms with Gasteiger partial charge in [0.2, 0.25) is 11.8 Å². The Balaban J connectivity index is 1.63. The molecule has 0 spiro atoms. The van der Waals surface area contributed by atoms with E-state index in [9.17, 15) is 9.18 Å². The lowest BCUT2D eigenvalue weighted by Crippen LogP contribution is -2.22. The lowest BCUT2D eigenvalue weighted by molar-refractivity contribution is -0.115. The van der Waals surface area contributed by atoms with Crippen LogP contribution in [-0.4, -0.2) is 21.4 Å². The number of aromatic nitrogens is 2. The van der Waals surface area contributed by atoms with E-state index < -0.39 is 5.25 Å². The summed E-state index contributed by atoms with van der Waals surface area (Å²) in [6, 6.07) is 12.6. The largest absolute Gasteiger partial charge is 0.411 e. The Labute approximate surface area is 152 Å². The Kier molecular flexibility index (Phi) is 5.35. The molecule has 0 unspecified atom stereocenters. The van der Waals surface area contributed by atoms with Gasteiger partial charge < -0.3 is 9.73 Å². The van der Waals surface area contributed by atoms with E-state index in [0.717, 1.165) is 11.8 Å². The van der Waals surface area contributed by atoms with E-state index >= 15 is 0 Å². The van der Waals surface area contributed by atoms with Crippen LogP contribution in [0.5, 0.6) is 0 Å². The smallest absolute Gasteiger partial charge is 0.277 e. The number of amides is 1. The van der Waals surface area contributed by atoms with E-state index in [1.165, 1.54) is 12.1 Å². The fourth-order valence-corrected chi connectivity index (χ4v) is 2.86. The highest BCUT2D eigenvalue weighted by Crippen LogP contribution is 2.27. The number of hydrogen-bond donors (Lipinski definition) is 1. The Bertz CT molecular complexity index is 886. The lowest BCUT2D eigenvalue weighted by atomic mass is 10.2. The van der Waals surface area contributed by atoms with E-state index in [1.54, 1.807) is 43.3 Å². The molecule has 0 fully saturated rings. The molecule has 1 N–H and O–H groups in total. The fourth-order valence-electron chi connectivity index (χ4n) is 1.98. The third-order valence-electron chi connectivity index (χ3n) is 3.24. The van der Waals surface area contributed by atoms with Gasteiger partial charge in [-0.15, -0.1) is 10.2 Å². The van der Waals surface area contributed by atoms with Crippen molar-refractivity contribution in [3.05, 3.63) is 59.4 Å². The minimum atomic E-state index is -0.458. The number of hydrogen-bond acceptors (Lipinski definition) is 5. The summed E-state index contributed by atoms with van der Waals surface area (Å²) >= 11 is 7.03. The molecule has 1 heterocycles. The summed E-state index contributed by atoms with van der Waals surface area (Å²) in [7, 11) is 0. The fraction of sp³-hybridized carbons (Fsp3) is 0.118. The van der Waals surface area contributed by atoms with Crippen molar-refractivity contribution in [2.24, 2.45) is 0 Å². The molecule has 3 aromatic rings. The van der Waals surface area contributed by atoms with Crippen LogP contribution in [0.2, 0.25) is 5.02 Å². The van der Waals surface area contributed by atoms with Gasteiger partial charge in [0.15, 0.2) is 0 Å². The van der Waals surface area contributed by atoms with Crippen LogP contribution in [0.1, 0.15) is 6.92 Å². The average Bonchev–Trinajstić information content (AvgIpc) is 3.04. The number of anilines is 1. The van der Waals surface area contributed by atoms with Gasteiger partial charge in [0, 0.05) is 16.3 Å². The molecular weight excluding hydrogens is 365 g/mol. The van der Waals surface area contributed by atoms with Crippen LogP contribution in [0.3, 0.4) is 0 Å². The van der Waals surface area contributed by atoms with Crippen LogP contribution in [0.4, 0.5) is 10.1 Å². The maximum absolute atomic E-state index is 12.9. The predicted octanol–water partition coefficient (Wildman–Crippen LogP) is 4.65. The van der Waals surface area contributed by atoms with Gasteiger partial charge in [0.05, 0.1) is 5.25 Å². The van der Waals surface area contributed by atoms with Crippen molar-refractivity contribution in [3.63, 3.8) is 0 Å². The van der Waals surface area contributed by atoms with Crippen LogP contribution in [0.15, 0.2) is 58.2 Å². The molecule has 5 nitrogen and oxygen atoms in total. The quantitative estimate of drug-likeness (QED) is 0.655. The first-order chi connectivity index (χ1) is 12.0. The minimum absolute atomic E-state index is 0.214. The first-order valence-corrected chi connectivity index (χ1v) is 8.59. The minimum Gasteiger partial charge on any atom is -0.411 e. The Morgan fingerprint density at radius 1 is 1.24 bits per heavy atom. The summed E-state index contributed by atoms with van der Waals surface area (Å²) < 4.78 is 18.5. The molecule has 0 aliphatic rings. The van der Waals surface area contributed by atoms with Crippen molar-refractivity contribution < 1.29 is 13.6 Å². The van der Waals surface area contributed by atoms with E-state index in [-0.39, 0.29) is 22.8 Å². The molecule has 0 radical (unpaired) electrons. The van der Waals surface area contributed by atoms with Crippen LogP contribution >= 0.6 is 23.4 Å². The number of thioether (sulfide) groups is 1. The summed E-state index contributed by atoms with van der Waals surface area (Å²) in [4.78, 5) is 12.2. The maximum atomic E-state index is 12.9. The maximum Gasteiger partial charge on any atom is 0.277 e. The van der Waals surface area contributed by atoms with Gasteiger partial charge >= 0.3 is 0 Å². The molecule has 1 aromatic heterocycles. The van der Waals surface area contributed by atoms with Crippen LogP contribution in [0, 0.1) is 5.82 Å². The lowest BCUT2D eigenvalue weighted by Gasteiger charge is -2.09. The zero-order valence-electron chi connectivity index (χ0n) is 13.1. The molecule has 25 heavy (non-hydrogen) atoms. The number of carbonyl (C=O) groups is 1.